The summed E-state index contributed by atoms with van der Waals surface area (Å²) in [6.07, 6.45) is 0.491. The van der Waals surface area contributed by atoms with E-state index in [0.29, 0.717) is 24.4 Å². The van der Waals surface area contributed by atoms with Crippen LogP contribution < -0.4 is 15.4 Å². The van der Waals surface area contributed by atoms with E-state index in [4.69, 9.17) is 10.5 Å². The molecule has 5 heteroatoms. The van der Waals surface area contributed by atoms with Crippen molar-refractivity contribution in [3.63, 3.8) is 0 Å². The second-order valence-electron chi connectivity index (χ2n) is 5.66. The molecule has 0 radical (unpaired) electrons. The second kappa shape index (κ2) is 6.28. The highest BCUT2D eigenvalue weighted by molar-refractivity contribution is 6.00. The minimum atomic E-state index is -0.669. The van der Waals surface area contributed by atoms with Gasteiger partial charge in [0.25, 0.3) is 5.91 Å². The highest BCUT2D eigenvalue weighted by atomic mass is 19.1. The zero-order chi connectivity index (χ0) is 16.4. The van der Waals surface area contributed by atoms with Crippen molar-refractivity contribution in [1.82, 2.24) is 0 Å². The van der Waals surface area contributed by atoms with Gasteiger partial charge in [0.15, 0.2) is 6.10 Å². The van der Waals surface area contributed by atoms with Crippen LogP contribution in [0, 0.1) is 5.82 Å². The molecule has 1 aliphatic heterocycles. The van der Waals surface area contributed by atoms with Gasteiger partial charge in [-0.05, 0) is 36.2 Å². The smallest absolute Gasteiger partial charge is 0.268 e. The van der Waals surface area contributed by atoms with Crippen LogP contribution >= 0.6 is 0 Å². The van der Waals surface area contributed by atoms with E-state index >= 15 is 0 Å². The van der Waals surface area contributed by atoms with Gasteiger partial charge in [-0.25, -0.2) is 4.39 Å². The third-order valence-corrected chi connectivity index (χ3v) is 3.84. The maximum atomic E-state index is 13.4. The van der Waals surface area contributed by atoms with Gasteiger partial charge in [0.1, 0.15) is 11.6 Å². The van der Waals surface area contributed by atoms with E-state index in [2.05, 4.69) is 0 Å². The molecule has 0 aliphatic carbocycles. The number of fused-ring (bicyclic) bond motifs is 1. The van der Waals surface area contributed by atoms with Gasteiger partial charge in [-0.15, -0.1) is 0 Å². The van der Waals surface area contributed by atoms with E-state index in [0.717, 1.165) is 17.7 Å². The van der Waals surface area contributed by atoms with Crippen LogP contribution in [0.2, 0.25) is 0 Å². The van der Waals surface area contributed by atoms with Crippen molar-refractivity contribution in [3.05, 3.63) is 53.8 Å². The molecule has 1 unspecified atom stereocenters. The SMILES string of the molecule is CCCN1C(=O)C(Cc2cccc(F)c2)Oc2cc(N)ccc21. The van der Waals surface area contributed by atoms with Crippen LogP contribution in [-0.4, -0.2) is 18.6 Å². The molecule has 0 saturated carbocycles. The molecule has 1 atom stereocenters. The molecule has 2 aromatic carbocycles. The Balaban J connectivity index is 1.91. The fraction of sp³-hybridized carbons (Fsp3) is 0.278. The Hall–Kier alpha value is -2.56. The van der Waals surface area contributed by atoms with Crippen molar-refractivity contribution in [1.29, 1.82) is 0 Å². The van der Waals surface area contributed by atoms with Gasteiger partial charge in [-0.3, -0.25) is 4.79 Å². The lowest BCUT2D eigenvalue weighted by molar-refractivity contribution is -0.126. The maximum Gasteiger partial charge on any atom is 0.268 e. The Morgan fingerprint density at radius 1 is 1.26 bits per heavy atom. The van der Waals surface area contributed by atoms with Crippen molar-refractivity contribution in [3.8, 4) is 5.75 Å². The summed E-state index contributed by atoms with van der Waals surface area (Å²) < 4.78 is 19.2. The predicted octanol–water partition coefficient (Wildman–Crippen LogP) is 3.15. The number of hydrogen-bond donors (Lipinski definition) is 1. The fourth-order valence-corrected chi connectivity index (χ4v) is 2.81. The molecule has 2 N–H and O–H groups in total. The number of carbonyl (C=O) groups excluding carboxylic acids is 1. The molecule has 23 heavy (non-hydrogen) atoms. The van der Waals surface area contributed by atoms with Gasteiger partial charge in [-0.2, -0.15) is 0 Å². The maximum absolute atomic E-state index is 13.4. The van der Waals surface area contributed by atoms with Gasteiger partial charge in [-0.1, -0.05) is 19.1 Å². The van der Waals surface area contributed by atoms with Crippen molar-refractivity contribution in [2.75, 3.05) is 17.2 Å². The summed E-state index contributed by atoms with van der Waals surface area (Å²) in [5, 5.41) is 0. The molecule has 0 fully saturated rings. The Labute approximate surface area is 134 Å². The third-order valence-electron chi connectivity index (χ3n) is 3.84. The number of anilines is 2. The highest BCUT2D eigenvalue weighted by Gasteiger charge is 2.34. The van der Waals surface area contributed by atoms with Crippen LogP contribution in [0.25, 0.3) is 0 Å². The summed E-state index contributed by atoms with van der Waals surface area (Å²) >= 11 is 0. The predicted molar refractivity (Wildman–Crippen MR) is 88.0 cm³/mol. The lowest BCUT2D eigenvalue weighted by Gasteiger charge is -2.34. The van der Waals surface area contributed by atoms with Gasteiger partial charge in [0.2, 0.25) is 0 Å². The highest BCUT2D eigenvalue weighted by Crippen LogP contribution is 2.36. The number of hydrogen-bond acceptors (Lipinski definition) is 3. The Bertz CT molecular complexity index is 733. The van der Waals surface area contributed by atoms with Crippen molar-refractivity contribution < 1.29 is 13.9 Å². The third kappa shape index (κ3) is 3.13. The molecular weight excluding hydrogens is 295 g/mol. The Morgan fingerprint density at radius 3 is 2.83 bits per heavy atom. The molecule has 0 aromatic heterocycles. The average Bonchev–Trinajstić information content (AvgIpc) is 2.51. The van der Waals surface area contributed by atoms with Gasteiger partial charge in [0, 0.05) is 24.7 Å². The number of rotatable bonds is 4. The number of nitrogens with zero attached hydrogens (tertiary/aromatic N) is 1. The molecule has 0 bridgehead atoms. The molecule has 1 heterocycles. The monoisotopic (exact) mass is 314 g/mol. The normalized spacial score (nSPS) is 16.9. The minimum absolute atomic E-state index is 0.103. The summed E-state index contributed by atoms with van der Waals surface area (Å²) in [6.45, 7) is 2.63. The molecule has 1 amide bonds. The first-order valence-electron chi connectivity index (χ1n) is 7.70. The summed E-state index contributed by atoms with van der Waals surface area (Å²) in [5.74, 6) is 0.175. The molecule has 1 aliphatic rings. The first-order chi connectivity index (χ1) is 11.1. The van der Waals surface area contributed by atoms with Gasteiger partial charge in [0.05, 0.1) is 5.69 Å². The fourth-order valence-electron chi connectivity index (χ4n) is 2.81. The largest absolute Gasteiger partial charge is 0.478 e. The molecule has 0 spiro atoms. The van der Waals surface area contributed by atoms with Crippen molar-refractivity contribution in [2.24, 2.45) is 0 Å². The number of ether oxygens (including phenoxy) is 1. The van der Waals surface area contributed by atoms with E-state index in [1.165, 1.54) is 12.1 Å². The number of benzene rings is 2. The summed E-state index contributed by atoms with van der Waals surface area (Å²) in [6, 6.07) is 11.5. The summed E-state index contributed by atoms with van der Waals surface area (Å²) in [4.78, 5) is 14.5. The van der Waals surface area contributed by atoms with Crippen LogP contribution in [0.5, 0.6) is 5.75 Å². The number of nitrogens with two attached hydrogens (primary N) is 1. The van der Waals surface area contributed by atoms with E-state index < -0.39 is 6.10 Å². The van der Waals surface area contributed by atoms with Crippen molar-refractivity contribution >= 4 is 17.3 Å². The zero-order valence-electron chi connectivity index (χ0n) is 13.0. The molecule has 2 aromatic rings. The average molecular weight is 314 g/mol. The number of amides is 1. The summed E-state index contributed by atoms with van der Waals surface area (Å²) in [7, 11) is 0. The number of carbonyl (C=O) groups is 1. The van der Waals surface area contributed by atoms with E-state index in [1.54, 1.807) is 35.2 Å². The first-order valence-corrected chi connectivity index (χ1v) is 7.70. The van der Waals surface area contributed by atoms with Crippen LogP contribution in [0.1, 0.15) is 18.9 Å². The molecule has 3 rings (SSSR count). The number of halogens is 1. The molecule has 0 saturated heterocycles. The Morgan fingerprint density at radius 2 is 2.09 bits per heavy atom. The van der Waals surface area contributed by atoms with Crippen LogP contribution in [0.3, 0.4) is 0 Å². The van der Waals surface area contributed by atoms with Crippen LogP contribution in [0.4, 0.5) is 15.8 Å². The molecule has 4 nitrogen and oxygen atoms in total. The van der Waals surface area contributed by atoms with Crippen LogP contribution in [0.15, 0.2) is 42.5 Å². The van der Waals surface area contributed by atoms with E-state index in [9.17, 15) is 9.18 Å². The van der Waals surface area contributed by atoms with Crippen molar-refractivity contribution in [2.45, 2.75) is 25.9 Å². The zero-order valence-corrected chi connectivity index (χ0v) is 13.0. The second-order valence-corrected chi connectivity index (χ2v) is 5.66. The first kappa shape index (κ1) is 15.3. The van der Waals surface area contributed by atoms with Gasteiger partial charge >= 0.3 is 0 Å². The Kier molecular flexibility index (Phi) is 4.19. The van der Waals surface area contributed by atoms with E-state index in [-0.39, 0.29) is 11.7 Å². The van der Waals surface area contributed by atoms with Crippen LogP contribution in [-0.2, 0) is 11.2 Å². The van der Waals surface area contributed by atoms with Gasteiger partial charge < -0.3 is 15.4 Å². The lowest BCUT2D eigenvalue weighted by atomic mass is 10.0. The summed E-state index contributed by atoms with van der Waals surface area (Å²) in [5.41, 5.74) is 7.87. The van der Waals surface area contributed by atoms with E-state index in [1.807, 2.05) is 6.92 Å². The lowest BCUT2D eigenvalue weighted by Crippen LogP contribution is -2.47. The quantitative estimate of drug-likeness (QED) is 0.882. The number of nitrogen functional groups attached to an aromatic ring is 1. The molecule has 120 valence electrons. The minimum Gasteiger partial charge on any atom is -0.478 e. The molecular formula is C18H19FN2O2. The topological polar surface area (TPSA) is 55.6 Å². The standard InChI is InChI=1S/C18H19FN2O2/c1-2-8-21-15-7-6-14(20)11-16(15)23-17(18(21)22)10-12-4-3-5-13(19)9-12/h3-7,9,11,17H,2,8,10,20H2,1H3.